The van der Waals surface area contributed by atoms with E-state index < -0.39 is 0 Å². The number of imidazole rings is 1. The summed E-state index contributed by atoms with van der Waals surface area (Å²) in [7, 11) is 0. The minimum absolute atomic E-state index is 0. The van der Waals surface area contributed by atoms with E-state index >= 15 is 0 Å². The van der Waals surface area contributed by atoms with Gasteiger partial charge in [-0.3, -0.25) is 4.79 Å². The maximum absolute atomic E-state index is 11.9. The molecule has 1 aromatic carbocycles. The SMILES string of the molecule is CCNC(=NCc1ccc(Cn2ccnc2)cc1)N1CCC(C(=O)OCC)CC1.I. The van der Waals surface area contributed by atoms with Gasteiger partial charge in [0.15, 0.2) is 5.96 Å². The molecule has 0 unspecified atom stereocenters. The minimum Gasteiger partial charge on any atom is -0.466 e. The molecule has 2 heterocycles. The van der Waals surface area contributed by atoms with Crippen LogP contribution in [0.1, 0.15) is 37.8 Å². The van der Waals surface area contributed by atoms with E-state index in [0.717, 1.165) is 45.0 Å². The van der Waals surface area contributed by atoms with Crippen molar-refractivity contribution in [3.63, 3.8) is 0 Å². The second-order valence-electron chi connectivity index (χ2n) is 7.24. The van der Waals surface area contributed by atoms with Gasteiger partial charge in [-0.05, 0) is 37.8 Å². The van der Waals surface area contributed by atoms with Crippen LogP contribution in [0.25, 0.3) is 0 Å². The molecule has 0 saturated carbocycles. The summed E-state index contributed by atoms with van der Waals surface area (Å²) in [5, 5.41) is 3.38. The van der Waals surface area contributed by atoms with Crippen LogP contribution in [0.4, 0.5) is 0 Å². The van der Waals surface area contributed by atoms with Gasteiger partial charge in [-0.1, -0.05) is 24.3 Å². The number of ether oxygens (including phenoxy) is 1. The highest BCUT2D eigenvalue weighted by molar-refractivity contribution is 14.0. The fourth-order valence-corrected chi connectivity index (χ4v) is 3.52. The van der Waals surface area contributed by atoms with Gasteiger partial charge in [-0.25, -0.2) is 9.98 Å². The van der Waals surface area contributed by atoms with Gasteiger partial charge in [0.05, 0.1) is 25.4 Å². The van der Waals surface area contributed by atoms with Gasteiger partial charge >= 0.3 is 5.97 Å². The number of guanidine groups is 1. The maximum Gasteiger partial charge on any atom is 0.309 e. The third-order valence-corrected chi connectivity index (χ3v) is 5.11. The number of nitrogens with one attached hydrogen (secondary N) is 1. The summed E-state index contributed by atoms with van der Waals surface area (Å²) >= 11 is 0. The Morgan fingerprint density at radius 3 is 2.50 bits per heavy atom. The van der Waals surface area contributed by atoms with Gasteiger partial charge in [-0.2, -0.15) is 0 Å². The highest BCUT2D eigenvalue weighted by Gasteiger charge is 2.27. The molecule has 0 spiro atoms. The molecule has 30 heavy (non-hydrogen) atoms. The first kappa shape index (κ1) is 24.2. The molecule has 0 bridgehead atoms. The number of carbonyl (C=O) groups excluding carboxylic acids is 1. The Hall–Kier alpha value is -2.10. The van der Waals surface area contributed by atoms with Gasteiger partial charge in [0, 0.05) is 38.6 Å². The summed E-state index contributed by atoms with van der Waals surface area (Å²) in [5.41, 5.74) is 2.42. The number of rotatable bonds is 7. The van der Waals surface area contributed by atoms with Gasteiger partial charge in [0.1, 0.15) is 0 Å². The van der Waals surface area contributed by atoms with Crippen molar-refractivity contribution in [3.8, 4) is 0 Å². The van der Waals surface area contributed by atoms with Crippen molar-refractivity contribution in [2.24, 2.45) is 10.9 Å². The Bertz CT molecular complexity index is 784. The van der Waals surface area contributed by atoms with E-state index in [0.29, 0.717) is 13.2 Å². The van der Waals surface area contributed by atoms with Crippen molar-refractivity contribution >= 4 is 35.9 Å². The fraction of sp³-hybridized carbons (Fsp3) is 0.500. The largest absolute Gasteiger partial charge is 0.466 e. The Morgan fingerprint density at radius 1 is 1.20 bits per heavy atom. The smallest absolute Gasteiger partial charge is 0.309 e. The standard InChI is InChI=1S/C22H31N5O2.HI/c1-3-24-22(27-12-9-20(10-13-27)21(28)29-4-2)25-15-18-5-7-19(8-6-18)16-26-14-11-23-17-26;/h5-8,11,14,17,20H,3-4,9-10,12-13,15-16H2,1-2H3,(H,24,25);1H. The molecule has 1 aliphatic heterocycles. The van der Waals surface area contributed by atoms with E-state index in [1.807, 2.05) is 19.4 Å². The molecule has 7 nitrogen and oxygen atoms in total. The number of esters is 1. The second-order valence-corrected chi connectivity index (χ2v) is 7.24. The van der Waals surface area contributed by atoms with Crippen molar-refractivity contribution in [2.45, 2.75) is 39.8 Å². The summed E-state index contributed by atoms with van der Waals surface area (Å²) in [4.78, 5) is 23.1. The van der Waals surface area contributed by atoms with Crippen LogP contribution < -0.4 is 5.32 Å². The summed E-state index contributed by atoms with van der Waals surface area (Å²) < 4.78 is 7.22. The quantitative estimate of drug-likeness (QED) is 0.260. The number of piperidine rings is 1. The maximum atomic E-state index is 11.9. The number of halogens is 1. The van der Waals surface area contributed by atoms with Crippen LogP contribution in [0.15, 0.2) is 48.0 Å². The van der Waals surface area contributed by atoms with Crippen LogP contribution in [0.5, 0.6) is 0 Å². The first-order valence-corrected chi connectivity index (χ1v) is 10.4. The van der Waals surface area contributed by atoms with Crippen LogP contribution in [0.3, 0.4) is 0 Å². The first-order valence-electron chi connectivity index (χ1n) is 10.4. The molecule has 1 N–H and O–H groups in total. The lowest BCUT2D eigenvalue weighted by molar-refractivity contribution is -0.149. The lowest BCUT2D eigenvalue weighted by Crippen LogP contribution is -2.46. The zero-order chi connectivity index (χ0) is 20.5. The van der Waals surface area contributed by atoms with Crippen molar-refractivity contribution < 1.29 is 9.53 Å². The zero-order valence-corrected chi connectivity index (χ0v) is 20.1. The zero-order valence-electron chi connectivity index (χ0n) is 17.8. The molecule has 1 fully saturated rings. The number of carbonyl (C=O) groups is 1. The Kier molecular flexibility index (Phi) is 10.1. The van der Waals surface area contributed by atoms with E-state index in [4.69, 9.17) is 9.73 Å². The van der Waals surface area contributed by atoms with Crippen molar-refractivity contribution in [2.75, 3.05) is 26.2 Å². The number of aromatic nitrogens is 2. The normalized spacial score (nSPS) is 14.9. The van der Waals surface area contributed by atoms with Crippen LogP contribution >= 0.6 is 24.0 Å². The molecule has 164 valence electrons. The van der Waals surface area contributed by atoms with Gasteiger partial charge in [0.25, 0.3) is 0 Å². The molecule has 3 rings (SSSR count). The number of benzene rings is 1. The van der Waals surface area contributed by atoms with Gasteiger partial charge in [0.2, 0.25) is 0 Å². The third-order valence-electron chi connectivity index (χ3n) is 5.11. The minimum atomic E-state index is -0.0649. The average molecular weight is 525 g/mol. The number of hydrogen-bond acceptors (Lipinski definition) is 4. The van der Waals surface area contributed by atoms with E-state index in [1.54, 1.807) is 6.20 Å². The monoisotopic (exact) mass is 525 g/mol. The highest BCUT2D eigenvalue weighted by Crippen LogP contribution is 2.19. The molecule has 0 aliphatic carbocycles. The van der Waals surface area contributed by atoms with Crippen LogP contribution in [0, 0.1) is 5.92 Å². The molecule has 1 saturated heterocycles. The number of aliphatic imine (C=N–C) groups is 1. The van der Waals surface area contributed by atoms with Crippen molar-refractivity contribution in [1.82, 2.24) is 19.8 Å². The van der Waals surface area contributed by atoms with Gasteiger partial charge < -0.3 is 19.5 Å². The average Bonchev–Trinajstić information content (AvgIpc) is 3.25. The van der Waals surface area contributed by atoms with Crippen molar-refractivity contribution in [3.05, 3.63) is 54.1 Å². The summed E-state index contributed by atoms with van der Waals surface area (Å²) in [6, 6.07) is 8.55. The predicted octanol–water partition coefficient (Wildman–Crippen LogP) is 3.29. The number of hydrogen-bond donors (Lipinski definition) is 1. The molecule has 0 atom stereocenters. The van der Waals surface area contributed by atoms with E-state index in [2.05, 4.69) is 51.0 Å². The Labute approximate surface area is 195 Å². The third kappa shape index (κ3) is 7.00. The lowest BCUT2D eigenvalue weighted by Gasteiger charge is -2.33. The summed E-state index contributed by atoms with van der Waals surface area (Å²) in [6.45, 7) is 8.29. The van der Waals surface area contributed by atoms with E-state index in [9.17, 15) is 4.79 Å². The fourth-order valence-electron chi connectivity index (χ4n) is 3.52. The molecule has 0 radical (unpaired) electrons. The number of likely N-dealkylation sites (tertiary alicyclic amines) is 1. The second kappa shape index (κ2) is 12.6. The van der Waals surface area contributed by atoms with Crippen LogP contribution in [-0.2, 0) is 22.6 Å². The van der Waals surface area contributed by atoms with Gasteiger partial charge in [-0.15, -0.1) is 24.0 Å². The lowest BCUT2D eigenvalue weighted by atomic mass is 9.97. The first-order chi connectivity index (χ1) is 14.2. The molecule has 1 aromatic heterocycles. The predicted molar refractivity (Wildman–Crippen MR) is 129 cm³/mol. The van der Waals surface area contributed by atoms with E-state index in [-0.39, 0.29) is 35.9 Å². The Balaban J connectivity index is 0.00000320. The Morgan fingerprint density at radius 2 is 1.90 bits per heavy atom. The molecule has 1 aliphatic rings. The molecule has 8 heteroatoms. The molecular weight excluding hydrogens is 493 g/mol. The molecule has 2 aromatic rings. The highest BCUT2D eigenvalue weighted by atomic mass is 127. The van der Waals surface area contributed by atoms with Crippen LogP contribution in [-0.4, -0.2) is 52.6 Å². The van der Waals surface area contributed by atoms with Crippen molar-refractivity contribution in [1.29, 1.82) is 0 Å². The molecule has 0 amide bonds. The summed E-state index contributed by atoms with van der Waals surface area (Å²) in [6.07, 6.45) is 7.21. The topological polar surface area (TPSA) is 71.8 Å². The van der Waals surface area contributed by atoms with E-state index in [1.165, 1.54) is 11.1 Å². The molecular formula is C22H32IN5O2. The number of nitrogens with zero attached hydrogens (tertiary/aromatic N) is 4. The summed E-state index contributed by atoms with van der Waals surface area (Å²) in [5.74, 6) is 0.860. The van der Waals surface area contributed by atoms with Crippen LogP contribution in [0.2, 0.25) is 0 Å².